The van der Waals surface area contributed by atoms with E-state index in [0.717, 1.165) is 19.4 Å². The molecule has 0 aromatic heterocycles. The van der Waals surface area contributed by atoms with E-state index in [1.165, 1.54) is 12.8 Å². The Morgan fingerprint density at radius 2 is 2.33 bits per heavy atom. The van der Waals surface area contributed by atoms with Gasteiger partial charge in [-0.05, 0) is 45.1 Å². The first-order valence-corrected chi connectivity index (χ1v) is 6.89. The monoisotopic (exact) mass is 254 g/mol. The molecule has 1 amide bonds. The SMILES string of the molecule is COCCCNC(=O)C(C)NCC1CC=CCC1. The molecule has 0 saturated heterocycles. The van der Waals surface area contributed by atoms with Crippen molar-refractivity contribution < 1.29 is 9.53 Å². The molecule has 1 rings (SSSR count). The molecular weight excluding hydrogens is 228 g/mol. The minimum Gasteiger partial charge on any atom is -0.385 e. The summed E-state index contributed by atoms with van der Waals surface area (Å²) in [5.41, 5.74) is 0. The van der Waals surface area contributed by atoms with E-state index in [-0.39, 0.29) is 11.9 Å². The number of carbonyl (C=O) groups is 1. The highest BCUT2D eigenvalue weighted by Crippen LogP contribution is 2.16. The number of allylic oxidation sites excluding steroid dienone is 2. The lowest BCUT2D eigenvalue weighted by Gasteiger charge is -2.21. The molecule has 104 valence electrons. The van der Waals surface area contributed by atoms with Gasteiger partial charge in [0.2, 0.25) is 5.91 Å². The second-order valence-corrected chi connectivity index (χ2v) is 4.92. The highest BCUT2D eigenvalue weighted by molar-refractivity contribution is 5.81. The van der Waals surface area contributed by atoms with E-state index in [2.05, 4.69) is 22.8 Å². The van der Waals surface area contributed by atoms with Crippen molar-refractivity contribution in [1.29, 1.82) is 0 Å². The zero-order valence-corrected chi connectivity index (χ0v) is 11.6. The van der Waals surface area contributed by atoms with Crippen LogP contribution in [0.5, 0.6) is 0 Å². The van der Waals surface area contributed by atoms with E-state index in [0.29, 0.717) is 19.1 Å². The van der Waals surface area contributed by atoms with Crippen molar-refractivity contribution in [2.45, 2.75) is 38.6 Å². The first kappa shape index (κ1) is 15.2. The van der Waals surface area contributed by atoms with Crippen molar-refractivity contribution in [3.05, 3.63) is 12.2 Å². The molecule has 4 nitrogen and oxygen atoms in total. The Kier molecular flexibility index (Phi) is 7.69. The molecule has 0 radical (unpaired) electrons. The van der Waals surface area contributed by atoms with Gasteiger partial charge < -0.3 is 15.4 Å². The zero-order chi connectivity index (χ0) is 13.2. The fraction of sp³-hybridized carbons (Fsp3) is 0.786. The number of hydrogen-bond acceptors (Lipinski definition) is 3. The molecule has 0 heterocycles. The lowest BCUT2D eigenvalue weighted by molar-refractivity contribution is -0.122. The number of methoxy groups -OCH3 is 1. The van der Waals surface area contributed by atoms with E-state index < -0.39 is 0 Å². The standard InChI is InChI=1S/C14H26N2O2/c1-12(14(17)15-9-6-10-18-2)16-11-13-7-4-3-5-8-13/h3-4,12-13,16H,5-11H2,1-2H3,(H,15,17). The summed E-state index contributed by atoms with van der Waals surface area (Å²) >= 11 is 0. The van der Waals surface area contributed by atoms with Gasteiger partial charge in [0.05, 0.1) is 6.04 Å². The Labute approximate surface area is 110 Å². The maximum absolute atomic E-state index is 11.8. The van der Waals surface area contributed by atoms with Crippen molar-refractivity contribution in [3.63, 3.8) is 0 Å². The van der Waals surface area contributed by atoms with E-state index in [1.807, 2.05) is 6.92 Å². The quantitative estimate of drug-likeness (QED) is 0.509. The third kappa shape index (κ3) is 6.17. The molecule has 0 aromatic carbocycles. The van der Waals surface area contributed by atoms with E-state index in [9.17, 15) is 4.79 Å². The maximum Gasteiger partial charge on any atom is 0.236 e. The molecule has 1 aliphatic carbocycles. The van der Waals surface area contributed by atoms with Gasteiger partial charge in [-0.1, -0.05) is 12.2 Å². The Bertz CT molecular complexity index is 267. The molecule has 2 unspecified atom stereocenters. The lowest BCUT2D eigenvalue weighted by atomic mass is 9.94. The van der Waals surface area contributed by atoms with Crippen molar-refractivity contribution in [2.75, 3.05) is 26.8 Å². The molecule has 1 aliphatic rings. The van der Waals surface area contributed by atoms with Crippen LogP contribution in [0.1, 0.15) is 32.6 Å². The molecule has 2 N–H and O–H groups in total. The normalized spacial score (nSPS) is 20.7. The number of ether oxygens (including phenoxy) is 1. The summed E-state index contributed by atoms with van der Waals surface area (Å²) in [4.78, 5) is 11.8. The summed E-state index contributed by atoms with van der Waals surface area (Å²) in [5, 5.41) is 6.23. The van der Waals surface area contributed by atoms with Crippen molar-refractivity contribution in [3.8, 4) is 0 Å². The average molecular weight is 254 g/mol. The topological polar surface area (TPSA) is 50.4 Å². The van der Waals surface area contributed by atoms with Crippen molar-refractivity contribution >= 4 is 5.91 Å². The molecule has 18 heavy (non-hydrogen) atoms. The molecule has 2 atom stereocenters. The third-order valence-corrected chi connectivity index (χ3v) is 3.31. The summed E-state index contributed by atoms with van der Waals surface area (Å²) < 4.78 is 4.94. The van der Waals surface area contributed by atoms with Gasteiger partial charge in [-0.3, -0.25) is 4.79 Å². The first-order chi connectivity index (χ1) is 8.74. The van der Waals surface area contributed by atoms with Crippen molar-refractivity contribution in [1.82, 2.24) is 10.6 Å². The molecule has 0 bridgehead atoms. The highest BCUT2D eigenvalue weighted by atomic mass is 16.5. The Hall–Kier alpha value is -0.870. The zero-order valence-electron chi connectivity index (χ0n) is 11.6. The maximum atomic E-state index is 11.8. The van der Waals surface area contributed by atoms with Crippen LogP contribution in [-0.4, -0.2) is 38.8 Å². The second-order valence-electron chi connectivity index (χ2n) is 4.92. The number of nitrogens with one attached hydrogen (secondary N) is 2. The molecule has 4 heteroatoms. The largest absolute Gasteiger partial charge is 0.385 e. The predicted molar refractivity (Wildman–Crippen MR) is 73.4 cm³/mol. The fourth-order valence-electron chi connectivity index (χ4n) is 2.06. The van der Waals surface area contributed by atoms with Gasteiger partial charge in [-0.15, -0.1) is 0 Å². The second kappa shape index (κ2) is 9.11. The van der Waals surface area contributed by atoms with Crippen LogP contribution >= 0.6 is 0 Å². The Balaban J connectivity index is 2.09. The number of carbonyl (C=O) groups excluding carboxylic acids is 1. The van der Waals surface area contributed by atoms with E-state index >= 15 is 0 Å². The summed E-state index contributed by atoms with van der Waals surface area (Å²) in [6.07, 6.45) is 8.88. The van der Waals surface area contributed by atoms with Crippen LogP contribution in [0.2, 0.25) is 0 Å². The van der Waals surface area contributed by atoms with Crippen molar-refractivity contribution in [2.24, 2.45) is 5.92 Å². The van der Waals surface area contributed by atoms with Gasteiger partial charge in [0.1, 0.15) is 0 Å². The molecule has 0 aliphatic heterocycles. The van der Waals surface area contributed by atoms with Gasteiger partial charge in [0.15, 0.2) is 0 Å². The molecule has 0 saturated carbocycles. The van der Waals surface area contributed by atoms with Crippen LogP contribution < -0.4 is 10.6 Å². The van der Waals surface area contributed by atoms with Gasteiger partial charge in [0.25, 0.3) is 0 Å². The van der Waals surface area contributed by atoms with Gasteiger partial charge in [0, 0.05) is 20.3 Å². The van der Waals surface area contributed by atoms with Crippen LogP contribution in [0.15, 0.2) is 12.2 Å². The summed E-state index contributed by atoms with van der Waals surface area (Å²) in [6, 6.07) is -0.113. The summed E-state index contributed by atoms with van der Waals surface area (Å²) in [6.45, 7) is 4.22. The summed E-state index contributed by atoms with van der Waals surface area (Å²) in [5.74, 6) is 0.760. The smallest absolute Gasteiger partial charge is 0.236 e. The molecular formula is C14H26N2O2. The van der Waals surface area contributed by atoms with Crippen LogP contribution in [0, 0.1) is 5.92 Å². The summed E-state index contributed by atoms with van der Waals surface area (Å²) in [7, 11) is 1.67. The first-order valence-electron chi connectivity index (χ1n) is 6.89. The Morgan fingerprint density at radius 3 is 3.00 bits per heavy atom. The molecule has 0 aromatic rings. The van der Waals surface area contributed by atoms with Crippen LogP contribution in [0.25, 0.3) is 0 Å². The minimum absolute atomic E-state index is 0.0810. The third-order valence-electron chi connectivity index (χ3n) is 3.31. The highest BCUT2D eigenvalue weighted by Gasteiger charge is 2.15. The predicted octanol–water partition coefficient (Wildman–Crippen LogP) is 1.47. The van der Waals surface area contributed by atoms with Crippen LogP contribution in [0.4, 0.5) is 0 Å². The lowest BCUT2D eigenvalue weighted by Crippen LogP contribution is -2.44. The fourth-order valence-corrected chi connectivity index (χ4v) is 2.06. The Morgan fingerprint density at radius 1 is 1.50 bits per heavy atom. The van der Waals surface area contributed by atoms with Crippen LogP contribution in [-0.2, 0) is 9.53 Å². The molecule has 0 fully saturated rings. The number of hydrogen-bond donors (Lipinski definition) is 2. The minimum atomic E-state index is -0.113. The van der Waals surface area contributed by atoms with Crippen LogP contribution in [0.3, 0.4) is 0 Å². The van der Waals surface area contributed by atoms with Gasteiger partial charge in [-0.25, -0.2) is 0 Å². The number of rotatable bonds is 8. The number of amides is 1. The average Bonchev–Trinajstić information content (AvgIpc) is 2.42. The van der Waals surface area contributed by atoms with E-state index in [1.54, 1.807) is 7.11 Å². The van der Waals surface area contributed by atoms with E-state index in [4.69, 9.17) is 4.74 Å². The van der Waals surface area contributed by atoms with Gasteiger partial charge >= 0.3 is 0 Å². The van der Waals surface area contributed by atoms with Gasteiger partial charge in [-0.2, -0.15) is 0 Å². The molecule has 0 spiro atoms.